The molecule has 0 aliphatic carbocycles. The largest absolute Gasteiger partial charge is 0.726 e. The van der Waals surface area contributed by atoms with Crippen LogP contribution in [0.15, 0.2) is 0 Å². The molecule has 2 saturated heterocycles. The number of rotatable bonds is 19. The highest BCUT2D eigenvalue weighted by atomic mass is 32.3. The lowest BCUT2D eigenvalue weighted by Crippen LogP contribution is -2.67. The van der Waals surface area contributed by atoms with Crippen LogP contribution in [0.1, 0.15) is 0 Å². The maximum atomic E-state index is 11.7. The predicted octanol–water partition coefficient (Wildman–Crippen LogP) is -8.35. The van der Waals surface area contributed by atoms with Crippen LogP contribution in [0.3, 0.4) is 0 Å². The Balaban J connectivity index is 2.95. The minimum absolute atomic E-state index is 0.571. The number of methoxy groups -OCH3 is 1. The predicted molar refractivity (Wildman–Crippen MR) is 133 cm³/mol. The fourth-order valence-electron chi connectivity index (χ4n) is 4.17. The summed E-state index contributed by atoms with van der Waals surface area (Å²) in [5.74, 6) is 0. The van der Waals surface area contributed by atoms with E-state index in [-0.39, 0.29) is 0 Å². The third kappa shape index (κ3) is 16.7. The van der Waals surface area contributed by atoms with Gasteiger partial charge < -0.3 is 50.8 Å². The van der Waals surface area contributed by atoms with Crippen LogP contribution in [0.2, 0.25) is 0 Å². The van der Waals surface area contributed by atoms with Gasteiger partial charge >= 0.3 is 0 Å². The van der Waals surface area contributed by atoms with E-state index in [1.165, 1.54) is 0 Å². The van der Waals surface area contributed by atoms with E-state index < -0.39 is 147 Å². The second-order valence-corrected chi connectivity index (χ2v) is 16.3. The van der Waals surface area contributed by atoms with Crippen molar-refractivity contribution in [1.82, 2.24) is 0 Å². The van der Waals surface area contributed by atoms with E-state index in [9.17, 15) is 90.8 Å². The van der Waals surface area contributed by atoms with Crippen molar-refractivity contribution in [2.24, 2.45) is 0 Å². The zero-order valence-electron chi connectivity index (χ0n) is 24.1. The SMILES string of the molecule is COC1OC(COS(=O)(=O)[O-])C(OC2OC(COS(=O)(=O)[O-])C(OS(=O)(=O)[O-])C(OS(=O)(=O)[O-])C2OS(=O)(=O)[O-])C(OS(=O)(=O)[O-])C1OS(=O)(=O)[O-]. The molecule has 32 nitrogen and oxygen atoms in total. The lowest BCUT2D eigenvalue weighted by molar-refractivity contribution is -0.346. The van der Waals surface area contributed by atoms with Crippen molar-refractivity contribution < 1.29 is 139 Å². The van der Waals surface area contributed by atoms with Crippen molar-refractivity contribution >= 4 is 72.8 Å². The molecule has 2 fully saturated rings. The van der Waals surface area contributed by atoms with Gasteiger partial charge in [0.25, 0.3) is 0 Å². The molecule has 2 aliphatic heterocycles. The Morgan fingerprint density at radius 3 is 1.04 bits per heavy atom. The van der Waals surface area contributed by atoms with Gasteiger partial charge in [0.05, 0.1) is 13.2 Å². The summed E-state index contributed by atoms with van der Waals surface area (Å²) >= 11 is 0. The molecule has 0 saturated carbocycles. The standard InChI is InChI=1S/C13H24O32S7/c1-35-12-10(44-51(29,30)31)8(42-49(23,24)25)6(4(38-12)2-36-46(14,15)16)40-13-11(45-52(32,33)34)9(43-50(26,27)28)7(41-48(20,21)22)5(39-13)3-37-47(17,18)19/h4-13H,2-3H2,1H3,(H,14,15,16)(H,17,18,19)(H,20,21,22)(H,23,24,25)(H,26,27,28)(H,29,30,31)(H,32,33,34)/p-7. The molecular formula is C13H17O32S7-7. The first-order valence-electron chi connectivity index (χ1n) is 12.0. The van der Waals surface area contributed by atoms with Gasteiger partial charge in [-0.2, -0.15) is 0 Å². The highest BCUT2D eigenvalue weighted by molar-refractivity contribution is 7.82. The van der Waals surface area contributed by atoms with Gasteiger partial charge in [0.1, 0.15) is 36.6 Å². The van der Waals surface area contributed by atoms with Gasteiger partial charge in [0.15, 0.2) is 24.8 Å². The van der Waals surface area contributed by atoms with E-state index in [4.69, 9.17) is 14.2 Å². The fourth-order valence-corrected chi connectivity index (χ4v) is 7.20. The lowest BCUT2D eigenvalue weighted by Gasteiger charge is -2.49. The number of hydrogen-bond acceptors (Lipinski definition) is 32. The molecular weight excluding hydrogens is 893 g/mol. The zero-order valence-corrected chi connectivity index (χ0v) is 29.8. The van der Waals surface area contributed by atoms with Gasteiger partial charge in [-0.1, -0.05) is 0 Å². The maximum Gasteiger partial charge on any atom is 0.218 e. The molecule has 0 aromatic heterocycles. The average molecular weight is 910 g/mol. The first-order valence-corrected chi connectivity index (χ1v) is 21.3. The van der Waals surface area contributed by atoms with Crippen LogP contribution >= 0.6 is 0 Å². The van der Waals surface area contributed by atoms with E-state index in [2.05, 4.69) is 34.0 Å². The van der Waals surface area contributed by atoms with E-state index in [1.54, 1.807) is 0 Å². The minimum Gasteiger partial charge on any atom is -0.726 e. The number of hydrogen-bond donors (Lipinski definition) is 0. The van der Waals surface area contributed by atoms with Crippen LogP contribution in [0.5, 0.6) is 0 Å². The molecule has 0 bridgehead atoms. The van der Waals surface area contributed by atoms with Crippen LogP contribution in [0, 0.1) is 0 Å². The molecule has 310 valence electrons. The van der Waals surface area contributed by atoms with Crippen LogP contribution in [0.25, 0.3) is 0 Å². The molecule has 0 radical (unpaired) electrons. The first kappa shape index (κ1) is 47.1. The van der Waals surface area contributed by atoms with Gasteiger partial charge in [-0.05, 0) is 0 Å². The Labute approximate surface area is 292 Å². The van der Waals surface area contributed by atoms with Crippen molar-refractivity contribution in [3.8, 4) is 0 Å². The summed E-state index contributed by atoms with van der Waals surface area (Å²) in [5, 5.41) is 0. The summed E-state index contributed by atoms with van der Waals surface area (Å²) in [6.07, 6.45) is -30.5. The average Bonchev–Trinajstić information content (AvgIpc) is 2.87. The second-order valence-electron chi connectivity index (χ2n) is 9.15. The summed E-state index contributed by atoms with van der Waals surface area (Å²) < 4.78 is 287. The van der Waals surface area contributed by atoms with Crippen molar-refractivity contribution in [2.45, 2.75) is 61.4 Å². The molecule has 52 heavy (non-hydrogen) atoms. The second kappa shape index (κ2) is 17.0. The lowest BCUT2D eigenvalue weighted by atomic mass is 9.97. The Kier molecular flexibility index (Phi) is 15.4. The van der Waals surface area contributed by atoms with Crippen molar-refractivity contribution in [3.63, 3.8) is 0 Å². The molecule has 10 atom stereocenters. The summed E-state index contributed by atoms with van der Waals surface area (Å²) in [4.78, 5) is 0. The first-order chi connectivity index (χ1) is 23.1. The van der Waals surface area contributed by atoms with E-state index >= 15 is 0 Å². The molecule has 0 aromatic carbocycles. The molecule has 0 aromatic rings. The Morgan fingerprint density at radius 1 is 0.404 bits per heavy atom. The summed E-state index contributed by atoms with van der Waals surface area (Å²) in [5.41, 5.74) is 0. The zero-order chi connectivity index (χ0) is 40.5. The molecule has 39 heteroatoms. The third-order valence-electron chi connectivity index (χ3n) is 5.60. The summed E-state index contributed by atoms with van der Waals surface area (Å²) in [6.45, 7) is -3.77. The molecule has 2 rings (SSSR count). The monoisotopic (exact) mass is 909 g/mol. The highest BCUT2D eigenvalue weighted by Crippen LogP contribution is 2.37. The summed E-state index contributed by atoms with van der Waals surface area (Å²) in [7, 11) is -42.7. The van der Waals surface area contributed by atoms with Crippen LogP contribution in [0.4, 0.5) is 0 Å². The molecule has 10 unspecified atom stereocenters. The van der Waals surface area contributed by atoms with E-state index in [1.807, 2.05) is 0 Å². The van der Waals surface area contributed by atoms with Gasteiger partial charge in [-0.3, -0.25) is 29.3 Å². The van der Waals surface area contributed by atoms with Gasteiger partial charge in [-0.25, -0.2) is 58.9 Å². The van der Waals surface area contributed by atoms with Crippen LogP contribution in [-0.4, -0.2) is 173 Å². The minimum atomic E-state index is -6.41. The van der Waals surface area contributed by atoms with E-state index in [0.29, 0.717) is 7.11 Å². The topological polar surface area (TPSA) is 502 Å². The summed E-state index contributed by atoms with van der Waals surface area (Å²) in [6, 6.07) is 0. The van der Waals surface area contributed by atoms with Crippen LogP contribution < -0.4 is 0 Å². The van der Waals surface area contributed by atoms with Crippen molar-refractivity contribution in [3.05, 3.63) is 0 Å². The van der Waals surface area contributed by atoms with Gasteiger partial charge in [0.2, 0.25) is 72.8 Å². The van der Waals surface area contributed by atoms with Crippen LogP contribution in [-0.2, 0) is 121 Å². The fraction of sp³-hybridized carbons (Fsp3) is 1.00. The Morgan fingerprint density at radius 2 is 0.692 bits per heavy atom. The van der Waals surface area contributed by atoms with Gasteiger partial charge in [0, 0.05) is 7.11 Å². The third-order valence-corrected chi connectivity index (χ3v) is 8.74. The van der Waals surface area contributed by atoms with Gasteiger partial charge in [-0.15, -0.1) is 0 Å². The molecule has 2 aliphatic rings. The quantitative estimate of drug-likeness (QED) is 0.0857. The molecule has 0 N–H and O–H groups in total. The van der Waals surface area contributed by atoms with Crippen molar-refractivity contribution in [2.75, 3.05) is 20.3 Å². The highest BCUT2D eigenvalue weighted by Gasteiger charge is 2.57. The molecule has 0 spiro atoms. The molecule has 2 heterocycles. The Hall–Kier alpha value is -1.07. The normalized spacial score (nSPS) is 31.7. The van der Waals surface area contributed by atoms with Crippen molar-refractivity contribution in [1.29, 1.82) is 0 Å². The number of ether oxygens (including phenoxy) is 4. The molecule has 0 amide bonds. The maximum absolute atomic E-state index is 11.7. The Bertz CT molecular complexity index is 2020. The smallest absolute Gasteiger partial charge is 0.218 e. The van der Waals surface area contributed by atoms with E-state index in [0.717, 1.165) is 0 Å².